The van der Waals surface area contributed by atoms with E-state index in [-0.39, 0.29) is 11.3 Å². The highest BCUT2D eigenvalue weighted by Gasteiger charge is 2.16. The molecule has 7 nitrogen and oxygen atoms in total. The number of carboxylic acids is 1. The van der Waals surface area contributed by atoms with Gasteiger partial charge in [0.25, 0.3) is 5.69 Å². The van der Waals surface area contributed by atoms with Gasteiger partial charge in [0, 0.05) is 23.1 Å². The van der Waals surface area contributed by atoms with Gasteiger partial charge in [0.05, 0.1) is 16.0 Å². The van der Waals surface area contributed by atoms with Crippen molar-refractivity contribution < 1.29 is 14.8 Å². The largest absolute Gasteiger partial charge is 0.478 e. The van der Waals surface area contributed by atoms with Crippen molar-refractivity contribution in [3.05, 3.63) is 58.1 Å². The second kappa shape index (κ2) is 4.71. The van der Waals surface area contributed by atoms with Gasteiger partial charge in [-0.1, -0.05) is 24.3 Å². The topological polar surface area (TPSA) is 109 Å². The molecule has 3 aromatic rings. The molecule has 2 N–H and O–H groups in total. The molecule has 0 saturated carbocycles. The minimum atomic E-state index is -1.06. The summed E-state index contributed by atoms with van der Waals surface area (Å²) in [7, 11) is 0. The molecular weight excluding hydrogens is 274 g/mol. The van der Waals surface area contributed by atoms with Crippen LogP contribution in [0.3, 0.4) is 0 Å². The highest BCUT2D eigenvalue weighted by atomic mass is 16.6. The molecule has 0 fully saturated rings. The van der Waals surface area contributed by atoms with Crippen LogP contribution in [0.15, 0.2) is 42.5 Å². The number of para-hydroxylation sites is 1. The minimum absolute atomic E-state index is 0.0435. The van der Waals surface area contributed by atoms with Gasteiger partial charge in [-0.2, -0.15) is 5.10 Å². The van der Waals surface area contributed by atoms with Gasteiger partial charge in [-0.05, 0) is 6.07 Å². The zero-order valence-corrected chi connectivity index (χ0v) is 10.6. The maximum Gasteiger partial charge on any atom is 0.337 e. The predicted octanol–water partition coefficient (Wildman–Crippen LogP) is 2.84. The van der Waals surface area contributed by atoms with E-state index < -0.39 is 10.9 Å². The van der Waals surface area contributed by atoms with Gasteiger partial charge < -0.3 is 5.11 Å². The average molecular weight is 283 g/mol. The van der Waals surface area contributed by atoms with Crippen LogP contribution in [0.1, 0.15) is 10.4 Å². The number of H-pyrrole nitrogens is 1. The van der Waals surface area contributed by atoms with E-state index in [4.69, 9.17) is 5.11 Å². The van der Waals surface area contributed by atoms with Crippen LogP contribution in [0.25, 0.3) is 22.2 Å². The van der Waals surface area contributed by atoms with E-state index >= 15 is 0 Å². The lowest BCUT2D eigenvalue weighted by atomic mass is 10.0. The molecule has 0 atom stereocenters. The normalized spacial score (nSPS) is 10.7. The lowest BCUT2D eigenvalue weighted by Gasteiger charge is -1.99. The molecule has 1 heterocycles. The molecule has 2 aromatic carbocycles. The molecule has 0 aliphatic rings. The molecule has 21 heavy (non-hydrogen) atoms. The van der Waals surface area contributed by atoms with Crippen molar-refractivity contribution in [2.75, 3.05) is 0 Å². The average Bonchev–Trinajstić information content (AvgIpc) is 2.91. The van der Waals surface area contributed by atoms with Gasteiger partial charge in [0.1, 0.15) is 5.69 Å². The van der Waals surface area contributed by atoms with E-state index in [0.717, 1.165) is 0 Å². The smallest absolute Gasteiger partial charge is 0.337 e. The Labute approximate surface area is 118 Å². The van der Waals surface area contributed by atoms with Crippen molar-refractivity contribution in [3.63, 3.8) is 0 Å². The number of nitrogens with zero attached hydrogens (tertiary/aromatic N) is 2. The van der Waals surface area contributed by atoms with Crippen LogP contribution >= 0.6 is 0 Å². The number of carboxylic acid groups (broad SMARTS) is 1. The lowest BCUT2D eigenvalue weighted by Crippen LogP contribution is -1.96. The summed E-state index contributed by atoms with van der Waals surface area (Å²) < 4.78 is 0. The Kier molecular flexibility index (Phi) is 2.87. The number of aromatic amines is 1. The Hall–Kier alpha value is -3.22. The molecule has 3 rings (SSSR count). The van der Waals surface area contributed by atoms with E-state index in [1.54, 1.807) is 24.3 Å². The number of aromatic nitrogens is 2. The highest BCUT2D eigenvalue weighted by molar-refractivity contribution is 6.05. The zero-order chi connectivity index (χ0) is 15.0. The number of non-ortho nitro benzene ring substituents is 1. The highest BCUT2D eigenvalue weighted by Crippen LogP contribution is 2.29. The lowest BCUT2D eigenvalue weighted by molar-refractivity contribution is -0.384. The number of rotatable bonds is 3. The van der Waals surface area contributed by atoms with Crippen LogP contribution in [0.5, 0.6) is 0 Å². The predicted molar refractivity (Wildman–Crippen MR) is 75.1 cm³/mol. The summed E-state index contributed by atoms with van der Waals surface area (Å²) in [6.45, 7) is 0. The summed E-state index contributed by atoms with van der Waals surface area (Å²) in [5, 5.41) is 27.4. The fourth-order valence-corrected chi connectivity index (χ4v) is 2.21. The van der Waals surface area contributed by atoms with Crippen molar-refractivity contribution in [2.45, 2.75) is 0 Å². The van der Waals surface area contributed by atoms with Crippen LogP contribution in [0.4, 0.5) is 5.69 Å². The molecule has 0 radical (unpaired) electrons. The van der Waals surface area contributed by atoms with Gasteiger partial charge in [0.2, 0.25) is 0 Å². The first kappa shape index (κ1) is 12.8. The Morgan fingerprint density at radius 2 is 2.00 bits per heavy atom. The van der Waals surface area contributed by atoms with Gasteiger partial charge >= 0.3 is 5.97 Å². The Balaban J connectivity index is 2.22. The molecule has 0 unspecified atom stereocenters. The van der Waals surface area contributed by atoms with E-state index in [1.165, 1.54) is 18.2 Å². The molecular formula is C14H9N3O4. The van der Waals surface area contributed by atoms with Crippen molar-refractivity contribution in [2.24, 2.45) is 0 Å². The summed E-state index contributed by atoms with van der Waals surface area (Å²) in [6.07, 6.45) is 0. The van der Waals surface area contributed by atoms with E-state index in [0.29, 0.717) is 22.2 Å². The Morgan fingerprint density at radius 3 is 2.71 bits per heavy atom. The third kappa shape index (κ3) is 2.10. The Bertz CT molecular complexity index is 870. The van der Waals surface area contributed by atoms with Gasteiger partial charge in [-0.25, -0.2) is 4.79 Å². The number of nitro groups is 1. The van der Waals surface area contributed by atoms with Crippen molar-refractivity contribution >= 4 is 22.6 Å². The van der Waals surface area contributed by atoms with Crippen LogP contribution in [-0.4, -0.2) is 26.2 Å². The fraction of sp³-hybridized carbons (Fsp3) is 0. The third-order valence-corrected chi connectivity index (χ3v) is 3.16. The number of nitrogens with one attached hydrogen (secondary N) is 1. The summed E-state index contributed by atoms with van der Waals surface area (Å²) >= 11 is 0. The number of hydrogen-bond donors (Lipinski definition) is 2. The van der Waals surface area contributed by atoms with Gasteiger partial charge in [0.15, 0.2) is 0 Å². The van der Waals surface area contributed by atoms with Gasteiger partial charge in [-0.3, -0.25) is 15.2 Å². The van der Waals surface area contributed by atoms with Crippen molar-refractivity contribution in [1.82, 2.24) is 10.2 Å². The molecule has 0 amide bonds. The SMILES string of the molecule is O=C(O)c1cccc2c(-c3cccc([N+](=O)[O-])c3)n[nH]c12. The third-order valence-electron chi connectivity index (χ3n) is 3.16. The summed E-state index contributed by atoms with van der Waals surface area (Å²) in [5.41, 5.74) is 1.50. The molecule has 0 saturated heterocycles. The molecule has 104 valence electrons. The molecule has 0 spiro atoms. The molecule has 1 aromatic heterocycles. The van der Waals surface area contributed by atoms with E-state index in [9.17, 15) is 14.9 Å². The van der Waals surface area contributed by atoms with Crippen LogP contribution in [0, 0.1) is 10.1 Å². The molecule has 7 heteroatoms. The fourth-order valence-electron chi connectivity index (χ4n) is 2.21. The number of fused-ring (bicyclic) bond motifs is 1. The van der Waals surface area contributed by atoms with Crippen LogP contribution in [0.2, 0.25) is 0 Å². The maximum atomic E-state index is 11.2. The second-order valence-corrected chi connectivity index (χ2v) is 4.41. The summed E-state index contributed by atoms with van der Waals surface area (Å²) in [6, 6.07) is 10.9. The van der Waals surface area contributed by atoms with Crippen LogP contribution in [-0.2, 0) is 0 Å². The van der Waals surface area contributed by atoms with Crippen LogP contribution < -0.4 is 0 Å². The summed E-state index contributed by atoms with van der Waals surface area (Å²) in [5.74, 6) is -1.06. The van der Waals surface area contributed by atoms with Crippen molar-refractivity contribution in [1.29, 1.82) is 0 Å². The van der Waals surface area contributed by atoms with E-state index in [2.05, 4.69) is 10.2 Å². The first-order valence-electron chi connectivity index (χ1n) is 6.03. The minimum Gasteiger partial charge on any atom is -0.478 e. The number of benzene rings is 2. The second-order valence-electron chi connectivity index (χ2n) is 4.41. The monoisotopic (exact) mass is 283 g/mol. The molecule has 0 aliphatic heterocycles. The zero-order valence-electron chi connectivity index (χ0n) is 10.6. The van der Waals surface area contributed by atoms with Crippen molar-refractivity contribution in [3.8, 4) is 11.3 Å². The first-order valence-corrected chi connectivity index (χ1v) is 6.03. The summed E-state index contributed by atoms with van der Waals surface area (Å²) in [4.78, 5) is 21.5. The number of nitro benzene ring substituents is 1. The first-order chi connectivity index (χ1) is 10.1. The standard InChI is InChI=1S/C14H9N3O4/c18-14(19)11-6-2-5-10-12(15-16-13(10)11)8-3-1-4-9(7-8)17(20)21/h1-7H,(H,15,16)(H,18,19). The quantitative estimate of drug-likeness (QED) is 0.567. The van der Waals surface area contributed by atoms with E-state index in [1.807, 2.05) is 0 Å². The molecule has 0 aliphatic carbocycles. The molecule has 0 bridgehead atoms. The Morgan fingerprint density at radius 1 is 1.24 bits per heavy atom. The number of aromatic carboxylic acids is 1. The number of hydrogen-bond acceptors (Lipinski definition) is 4. The van der Waals surface area contributed by atoms with Gasteiger partial charge in [-0.15, -0.1) is 0 Å². The number of carbonyl (C=O) groups is 1. The maximum absolute atomic E-state index is 11.2.